The van der Waals surface area contributed by atoms with Crippen molar-refractivity contribution >= 4 is 27.5 Å². The van der Waals surface area contributed by atoms with Crippen LogP contribution in [0.25, 0.3) is 0 Å². The lowest BCUT2D eigenvalue weighted by atomic mass is 10.1. The number of nitrogens with one attached hydrogen (secondary N) is 1. The van der Waals surface area contributed by atoms with Crippen LogP contribution in [0, 0.1) is 13.8 Å². The van der Waals surface area contributed by atoms with Gasteiger partial charge in [0, 0.05) is 13.6 Å². The summed E-state index contributed by atoms with van der Waals surface area (Å²) in [7, 11) is -2.53. The van der Waals surface area contributed by atoms with Crippen LogP contribution in [0.5, 0.6) is 0 Å². The van der Waals surface area contributed by atoms with Gasteiger partial charge in [-0.1, -0.05) is 67.6 Å². The molecule has 0 heterocycles. The van der Waals surface area contributed by atoms with E-state index in [2.05, 4.69) is 5.32 Å². The second-order valence-electron chi connectivity index (χ2n) is 8.98. The Morgan fingerprint density at radius 1 is 0.919 bits per heavy atom. The largest absolute Gasteiger partial charge is 0.357 e. The van der Waals surface area contributed by atoms with Crippen molar-refractivity contribution < 1.29 is 18.0 Å². The first kappa shape index (κ1) is 27.9. The molecular weight excluding hydrogens is 486 g/mol. The molecule has 196 valence electrons. The van der Waals surface area contributed by atoms with Gasteiger partial charge in [0.1, 0.15) is 12.6 Å². The second-order valence-corrected chi connectivity index (χ2v) is 10.8. The van der Waals surface area contributed by atoms with E-state index in [1.807, 2.05) is 63.2 Å². The highest BCUT2D eigenvalue weighted by Gasteiger charge is 2.33. The van der Waals surface area contributed by atoms with Gasteiger partial charge in [-0.05, 0) is 61.6 Å². The SMILES string of the molecule is CCC(C(=O)NC)N(CCc1ccccc1)C(=O)CN(c1cc(C)ccc1C)S(=O)(=O)c1ccccc1. The zero-order chi connectivity index (χ0) is 27.0. The van der Waals surface area contributed by atoms with E-state index in [1.165, 1.54) is 28.4 Å². The Morgan fingerprint density at radius 2 is 1.54 bits per heavy atom. The molecule has 0 saturated carbocycles. The van der Waals surface area contributed by atoms with Crippen molar-refractivity contribution in [2.24, 2.45) is 0 Å². The second kappa shape index (κ2) is 12.5. The molecule has 1 atom stereocenters. The van der Waals surface area contributed by atoms with Gasteiger partial charge in [-0.2, -0.15) is 0 Å². The summed E-state index contributed by atoms with van der Waals surface area (Å²) in [4.78, 5) is 28.2. The average molecular weight is 522 g/mol. The third kappa shape index (κ3) is 6.77. The molecule has 3 aromatic rings. The number of hydrogen-bond acceptors (Lipinski definition) is 4. The molecule has 0 aliphatic heterocycles. The molecule has 0 spiro atoms. The van der Waals surface area contributed by atoms with E-state index in [1.54, 1.807) is 24.3 Å². The fourth-order valence-corrected chi connectivity index (χ4v) is 5.78. The van der Waals surface area contributed by atoms with Gasteiger partial charge < -0.3 is 10.2 Å². The number of rotatable bonds is 11. The fourth-order valence-electron chi connectivity index (χ4n) is 4.28. The van der Waals surface area contributed by atoms with E-state index in [-0.39, 0.29) is 17.3 Å². The van der Waals surface area contributed by atoms with Gasteiger partial charge in [-0.3, -0.25) is 13.9 Å². The minimum Gasteiger partial charge on any atom is -0.357 e. The summed E-state index contributed by atoms with van der Waals surface area (Å²) in [6.45, 7) is 5.39. The van der Waals surface area contributed by atoms with Crippen LogP contribution in [0.15, 0.2) is 83.8 Å². The maximum absolute atomic E-state index is 13.9. The smallest absolute Gasteiger partial charge is 0.264 e. The zero-order valence-corrected chi connectivity index (χ0v) is 22.7. The molecule has 1 N–H and O–H groups in total. The summed E-state index contributed by atoms with van der Waals surface area (Å²) in [5, 5.41) is 2.64. The van der Waals surface area contributed by atoms with Gasteiger partial charge in [0.05, 0.1) is 10.6 Å². The molecule has 0 bridgehead atoms. The highest BCUT2D eigenvalue weighted by atomic mass is 32.2. The summed E-state index contributed by atoms with van der Waals surface area (Å²) < 4.78 is 28.8. The molecule has 0 aliphatic rings. The summed E-state index contributed by atoms with van der Waals surface area (Å²) in [5.41, 5.74) is 3.06. The standard InChI is InChI=1S/C29H35N3O4S/c1-5-26(29(34)30-4)31(19-18-24-12-8-6-9-13-24)28(33)21-32(27-20-22(2)16-17-23(27)3)37(35,36)25-14-10-7-11-15-25/h6-17,20,26H,5,18-19,21H2,1-4H3,(H,30,34). The number of carbonyl (C=O) groups excluding carboxylic acids is 2. The van der Waals surface area contributed by atoms with Crippen molar-refractivity contribution in [3.8, 4) is 0 Å². The van der Waals surface area contributed by atoms with Crippen molar-refractivity contribution in [1.29, 1.82) is 0 Å². The van der Waals surface area contributed by atoms with Crippen LogP contribution in [-0.2, 0) is 26.0 Å². The number of likely N-dealkylation sites (N-methyl/N-ethyl adjacent to an activating group) is 1. The van der Waals surface area contributed by atoms with Gasteiger partial charge in [-0.15, -0.1) is 0 Å². The monoisotopic (exact) mass is 521 g/mol. The fraction of sp³-hybridized carbons (Fsp3) is 0.310. The molecule has 0 radical (unpaired) electrons. The summed E-state index contributed by atoms with van der Waals surface area (Å²) in [5.74, 6) is -0.722. The van der Waals surface area contributed by atoms with Crippen LogP contribution >= 0.6 is 0 Å². The third-order valence-electron chi connectivity index (χ3n) is 6.36. The number of sulfonamides is 1. The van der Waals surface area contributed by atoms with Crippen molar-refractivity contribution in [2.45, 2.75) is 44.6 Å². The number of anilines is 1. The number of hydrogen-bond donors (Lipinski definition) is 1. The van der Waals surface area contributed by atoms with E-state index >= 15 is 0 Å². The van der Waals surface area contributed by atoms with Crippen LogP contribution in [-0.4, -0.2) is 51.3 Å². The molecule has 3 rings (SSSR count). The topological polar surface area (TPSA) is 86.8 Å². The zero-order valence-electron chi connectivity index (χ0n) is 21.8. The van der Waals surface area contributed by atoms with Gasteiger partial charge in [0.25, 0.3) is 10.0 Å². The number of aryl methyl sites for hydroxylation is 2. The van der Waals surface area contributed by atoms with Crippen LogP contribution in [0.3, 0.4) is 0 Å². The lowest BCUT2D eigenvalue weighted by molar-refractivity contribution is -0.139. The Bertz CT molecular complexity index is 1310. The number of carbonyl (C=O) groups is 2. The Kier molecular flexibility index (Phi) is 9.47. The van der Waals surface area contributed by atoms with Crippen LogP contribution in [0.1, 0.15) is 30.0 Å². The van der Waals surface area contributed by atoms with E-state index in [0.717, 1.165) is 16.7 Å². The summed E-state index contributed by atoms with van der Waals surface area (Å²) in [6.07, 6.45) is 0.935. The molecule has 2 amide bonds. The van der Waals surface area contributed by atoms with Crippen molar-refractivity contribution in [1.82, 2.24) is 10.2 Å². The number of benzene rings is 3. The van der Waals surface area contributed by atoms with E-state index in [4.69, 9.17) is 0 Å². The first-order chi connectivity index (χ1) is 17.7. The predicted molar refractivity (Wildman–Crippen MR) is 147 cm³/mol. The minimum absolute atomic E-state index is 0.0953. The Morgan fingerprint density at radius 3 is 2.14 bits per heavy atom. The number of nitrogens with zero attached hydrogens (tertiary/aromatic N) is 2. The quantitative estimate of drug-likeness (QED) is 0.412. The summed E-state index contributed by atoms with van der Waals surface area (Å²) in [6, 6.07) is 22.6. The van der Waals surface area contributed by atoms with Crippen LogP contribution in [0.2, 0.25) is 0 Å². The highest BCUT2D eigenvalue weighted by molar-refractivity contribution is 7.92. The maximum atomic E-state index is 13.9. The third-order valence-corrected chi connectivity index (χ3v) is 8.13. The van der Waals surface area contributed by atoms with E-state index in [9.17, 15) is 18.0 Å². The molecular formula is C29H35N3O4S. The Hall–Kier alpha value is -3.65. The Labute approximate surface area is 220 Å². The van der Waals surface area contributed by atoms with E-state index < -0.39 is 28.5 Å². The molecule has 7 nitrogen and oxygen atoms in total. The normalized spacial score (nSPS) is 12.0. The molecule has 0 fully saturated rings. The molecule has 8 heteroatoms. The lowest BCUT2D eigenvalue weighted by Gasteiger charge is -2.33. The van der Waals surface area contributed by atoms with Crippen molar-refractivity contribution in [2.75, 3.05) is 24.4 Å². The van der Waals surface area contributed by atoms with E-state index in [0.29, 0.717) is 18.5 Å². The summed E-state index contributed by atoms with van der Waals surface area (Å²) >= 11 is 0. The van der Waals surface area contributed by atoms with Gasteiger partial charge in [0.2, 0.25) is 11.8 Å². The molecule has 1 unspecified atom stereocenters. The maximum Gasteiger partial charge on any atom is 0.264 e. The molecule has 0 aliphatic carbocycles. The predicted octanol–water partition coefficient (Wildman–Crippen LogP) is 4.09. The first-order valence-electron chi connectivity index (χ1n) is 12.4. The molecule has 0 saturated heterocycles. The molecule has 3 aromatic carbocycles. The van der Waals surface area contributed by atoms with Crippen molar-refractivity contribution in [3.05, 3.63) is 95.6 Å². The molecule has 0 aromatic heterocycles. The van der Waals surface area contributed by atoms with Crippen molar-refractivity contribution in [3.63, 3.8) is 0 Å². The lowest BCUT2D eigenvalue weighted by Crippen LogP contribution is -2.52. The first-order valence-corrected chi connectivity index (χ1v) is 13.8. The van der Waals surface area contributed by atoms with Gasteiger partial charge >= 0.3 is 0 Å². The Balaban J connectivity index is 2.03. The number of amides is 2. The molecule has 37 heavy (non-hydrogen) atoms. The minimum atomic E-state index is -4.06. The highest BCUT2D eigenvalue weighted by Crippen LogP contribution is 2.28. The van der Waals surface area contributed by atoms with Crippen LogP contribution in [0.4, 0.5) is 5.69 Å². The average Bonchev–Trinajstić information content (AvgIpc) is 2.91. The van der Waals surface area contributed by atoms with Crippen LogP contribution < -0.4 is 9.62 Å². The van der Waals surface area contributed by atoms with Gasteiger partial charge in [-0.25, -0.2) is 8.42 Å². The van der Waals surface area contributed by atoms with Gasteiger partial charge in [0.15, 0.2) is 0 Å².